The predicted octanol–water partition coefficient (Wildman–Crippen LogP) is 6.93. The third-order valence-corrected chi connectivity index (χ3v) is 4.84. The van der Waals surface area contributed by atoms with Crippen molar-refractivity contribution in [1.29, 1.82) is 0 Å². The minimum atomic E-state index is -0.763. The van der Waals surface area contributed by atoms with Gasteiger partial charge in [-0.2, -0.15) is 0 Å². The molecule has 0 saturated carbocycles. The molecule has 0 atom stereocenters. The Bertz CT molecular complexity index is 436. The van der Waals surface area contributed by atoms with E-state index in [4.69, 9.17) is 9.47 Å². The predicted molar refractivity (Wildman–Crippen MR) is 121 cm³/mol. The summed E-state index contributed by atoms with van der Waals surface area (Å²) >= 11 is 0. The lowest BCUT2D eigenvalue weighted by Crippen LogP contribution is -2.28. The first kappa shape index (κ1) is 27.4. The van der Waals surface area contributed by atoms with E-state index in [1.807, 2.05) is 0 Å². The molecule has 0 rings (SSSR count). The average Bonchev–Trinajstić information content (AvgIpc) is 2.70. The van der Waals surface area contributed by atoms with Crippen molar-refractivity contribution in [2.45, 2.75) is 104 Å². The van der Waals surface area contributed by atoms with Gasteiger partial charge in [0.25, 0.3) is 0 Å². The van der Waals surface area contributed by atoms with E-state index < -0.39 is 17.9 Å². The molecule has 0 spiro atoms. The van der Waals surface area contributed by atoms with Gasteiger partial charge in [-0.15, -0.1) is 0 Å². The summed E-state index contributed by atoms with van der Waals surface area (Å²) < 4.78 is 10.0. The van der Waals surface area contributed by atoms with Gasteiger partial charge in [-0.3, -0.25) is 9.59 Å². The SMILES string of the molecule is CCCCCC=CCC=CCCCCCCCCC(C(=O)OCC)C(=O)OCC. The van der Waals surface area contributed by atoms with Crippen LogP contribution in [0.5, 0.6) is 0 Å². The topological polar surface area (TPSA) is 52.6 Å². The number of hydrogen-bond acceptors (Lipinski definition) is 4. The summed E-state index contributed by atoms with van der Waals surface area (Å²) in [6.45, 7) is 6.32. The lowest BCUT2D eigenvalue weighted by atomic mass is 10.00. The van der Waals surface area contributed by atoms with Crippen LogP contribution >= 0.6 is 0 Å². The Morgan fingerprint density at radius 1 is 0.655 bits per heavy atom. The molecule has 4 nitrogen and oxygen atoms in total. The molecule has 0 amide bonds. The number of esters is 2. The highest BCUT2D eigenvalue weighted by Crippen LogP contribution is 2.16. The Hall–Kier alpha value is -1.58. The van der Waals surface area contributed by atoms with Crippen molar-refractivity contribution >= 4 is 11.9 Å². The Kier molecular flexibility index (Phi) is 20.0. The van der Waals surface area contributed by atoms with Crippen molar-refractivity contribution in [3.63, 3.8) is 0 Å². The molecule has 168 valence electrons. The standard InChI is InChI=1S/C25H44O4/c1-4-7-8-9-10-11-12-13-14-15-16-17-18-19-20-21-22-23(24(26)28-5-2)25(27)29-6-3/h10-11,13-14,23H,4-9,12,15-22H2,1-3H3. The number of hydrogen-bond donors (Lipinski definition) is 0. The van der Waals surface area contributed by atoms with Crippen molar-refractivity contribution in [2.24, 2.45) is 5.92 Å². The first-order valence-corrected chi connectivity index (χ1v) is 11.8. The van der Waals surface area contributed by atoms with E-state index in [2.05, 4.69) is 31.2 Å². The zero-order chi connectivity index (χ0) is 21.6. The van der Waals surface area contributed by atoms with E-state index in [1.54, 1.807) is 13.8 Å². The van der Waals surface area contributed by atoms with Crippen molar-refractivity contribution in [1.82, 2.24) is 0 Å². The van der Waals surface area contributed by atoms with Gasteiger partial charge in [0.1, 0.15) is 0 Å². The molecule has 0 heterocycles. The molecule has 0 aromatic rings. The van der Waals surface area contributed by atoms with Gasteiger partial charge in [0, 0.05) is 0 Å². The summed E-state index contributed by atoms with van der Waals surface area (Å²) in [6.07, 6.45) is 23.7. The monoisotopic (exact) mass is 408 g/mol. The third kappa shape index (κ3) is 17.0. The first-order valence-electron chi connectivity index (χ1n) is 11.8. The van der Waals surface area contributed by atoms with E-state index in [1.165, 1.54) is 44.9 Å². The normalized spacial score (nSPS) is 11.6. The van der Waals surface area contributed by atoms with Crippen molar-refractivity contribution < 1.29 is 19.1 Å². The van der Waals surface area contributed by atoms with Crippen LogP contribution in [0.1, 0.15) is 104 Å². The van der Waals surface area contributed by atoms with Crippen LogP contribution in [0, 0.1) is 5.92 Å². The summed E-state index contributed by atoms with van der Waals surface area (Å²) in [4.78, 5) is 23.8. The minimum Gasteiger partial charge on any atom is -0.465 e. The Labute approximate surface area is 179 Å². The second kappa shape index (κ2) is 21.1. The number of allylic oxidation sites excluding steroid dienone is 4. The highest BCUT2D eigenvalue weighted by Gasteiger charge is 2.28. The van der Waals surface area contributed by atoms with E-state index in [-0.39, 0.29) is 0 Å². The molecule has 0 aliphatic heterocycles. The van der Waals surface area contributed by atoms with Crippen LogP contribution in [0.2, 0.25) is 0 Å². The number of unbranched alkanes of at least 4 members (excludes halogenated alkanes) is 9. The summed E-state index contributed by atoms with van der Waals surface area (Å²) in [5.74, 6) is -1.66. The smallest absolute Gasteiger partial charge is 0.320 e. The maximum Gasteiger partial charge on any atom is 0.320 e. The second-order valence-corrected chi connectivity index (χ2v) is 7.43. The molecule has 4 heteroatoms. The highest BCUT2D eigenvalue weighted by atomic mass is 16.6. The first-order chi connectivity index (χ1) is 14.2. The Balaban J connectivity index is 3.68. The molecule has 0 aromatic heterocycles. The maximum atomic E-state index is 11.9. The third-order valence-electron chi connectivity index (χ3n) is 4.84. The quantitative estimate of drug-likeness (QED) is 0.101. The zero-order valence-corrected chi connectivity index (χ0v) is 19.1. The summed E-state index contributed by atoms with van der Waals surface area (Å²) in [6, 6.07) is 0. The molecule has 0 bridgehead atoms. The van der Waals surface area contributed by atoms with Gasteiger partial charge in [-0.1, -0.05) is 76.2 Å². The molecule has 0 unspecified atom stereocenters. The van der Waals surface area contributed by atoms with E-state index in [0.717, 1.165) is 32.1 Å². The largest absolute Gasteiger partial charge is 0.465 e. The fourth-order valence-electron chi connectivity index (χ4n) is 3.15. The lowest BCUT2D eigenvalue weighted by Gasteiger charge is -2.14. The molecule has 0 N–H and O–H groups in total. The molecule has 0 aliphatic rings. The van der Waals surface area contributed by atoms with Crippen LogP contribution in [-0.4, -0.2) is 25.2 Å². The Morgan fingerprint density at radius 3 is 1.66 bits per heavy atom. The fourth-order valence-corrected chi connectivity index (χ4v) is 3.15. The van der Waals surface area contributed by atoms with Crippen molar-refractivity contribution in [2.75, 3.05) is 13.2 Å². The Morgan fingerprint density at radius 2 is 1.14 bits per heavy atom. The maximum absolute atomic E-state index is 11.9. The van der Waals surface area contributed by atoms with E-state index in [0.29, 0.717) is 19.6 Å². The number of rotatable bonds is 19. The minimum absolute atomic E-state index is 0.290. The summed E-state index contributed by atoms with van der Waals surface area (Å²) in [5, 5.41) is 0. The molecule has 0 aromatic carbocycles. The van der Waals surface area contributed by atoms with Crippen molar-refractivity contribution in [3.05, 3.63) is 24.3 Å². The van der Waals surface area contributed by atoms with Crippen LogP contribution in [0.4, 0.5) is 0 Å². The van der Waals surface area contributed by atoms with Gasteiger partial charge in [0.05, 0.1) is 13.2 Å². The zero-order valence-electron chi connectivity index (χ0n) is 19.1. The van der Waals surface area contributed by atoms with Crippen LogP contribution < -0.4 is 0 Å². The fraction of sp³-hybridized carbons (Fsp3) is 0.760. The number of carbonyl (C=O) groups is 2. The van der Waals surface area contributed by atoms with Crippen molar-refractivity contribution in [3.8, 4) is 0 Å². The molecule has 0 radical (unpaired) electrons. The van der Waals surface area contributed by atoms with Crippen LogP contribution in [0.3, 0.4) is 0 Å². The van der Waals surface area contributed by atoms with Crippen LogP contribution in [-0.2, 0) is 19.1 Å². The summed E-state index contributed by atoms with van der Waals surface area (Å²) in [5.41, 5.74) is 0. The van der Waals surface area contributed by atoms with Gasteiger partial charge in [-0.05, 0) is 52.4 Å². The van der Waals surface area contributed by atoms with E-state index in [9.17, 15) is 9.59 Å². The molecular weight excluding hydrogens is 364 g/mol. The molecule has 0 saturated heterocycles. The van der Waals surface area contributed by atoms with Gasteiger partial charge in [-0.25, -0.2) is 0 Å². The molecule has 29 heavy (non-hydrogen) atoms. The van der Waals surface area contributed by atoms with Gasteiger partial charge in [0.15, 0.2) is 5.92 Å². The van der Waals surface area contributed by atoms with E-state index >= 15 is 0 Å². The van der Waals surface area contributed by atoms with Gasteiger partial charge < -0.3 is 9.47 Å². The number of carbonyl (C=O) groups excluding carboxylic acids is 2. The highest BCUT2D eigenvalue weighted by molar-refractivity contribution is 5.94. The summed E-state index contributed by atoms with van der Waals surface area (Å²) in [7, 11) is 0. The number of ether oxygens (including phenoxy) is 2. The van der Waals surface area contributed by atoms with Crippen LogP contribution in [0.15, 0.2) is 24.3 Å². The van der Waals surface area contributed by atoms with Crippen LogP contribution in [0.25, 0.3) is 0 Å². The lowest BCUT2D eigenvalue weighted by molar-refractivity contribution is -0.161. The average molecular weight is 409 g/mol. The molecule has 0 aliphatic carbocycles. The van der Waals surface area contributed by atoms with Gasteiger partial charge in [0.2, 0.25) is 0 Å². The van der Waals surface area contributed by atoms with Gasteiger partial charge >= 0.3 is 11.9 Å². The molecular formula is C25H44O4. The second-order valence-electron chi connectivity index (χ2n) is 7.43. The molecule has 0 fully saturated rings.